The summed E-state index contributed by atoms with van der Waals surface area (Å²) in [6.07, 6.45) is 0.399. The van der Waals surface area contributed by atoms with Crippen LogP contribution in [0.3, 0.4) is 0 Å². The van der Waals surface area contributed by atoms with Gasteiger partial charge in [-0.3, -0.25) is 14.4 Å². The molecule has 110 valence electrons. The molecule has 1 aromatic carbocycles. The van der Waals surface area contributed by atoms with Gasteiger partial charge in [0, 0.05) is 19.9 Å². The first kappa shape index (κ1) is 14.7. The smallest absolute Gasteiger partial charge is 0.333 e. The summed E-state index contributed by atoms with van der Waals surface area (Å²) in [5.41, 5.74) is 0.418. The number of hydrogen-bond donors (Lipinski definition) is 1. The van der Waals surface area contributed by atoms with E-state index in [1.54, 1.807) is 12.1 Å². The molecule has 0 aromatic heterocycles. The maximum atomic E-state index is 11.9. The lowest BCUT2D eigenvalue weighted by Crippen LogP contribution is -2.32. The monoisotopic (exact) mass is 290 g/mol. The number of hydroxylamine groups is 2. The van der Waals surface area contributed by atoms with Gasteiger partial charge >= 0.3 is 5.97 Å². The minimum atomic E-state index is -0.728. The van der Waals surface area contributed by atoms with E-state index < -0.39 is 17.8 Å². The molecule has 0 saturated heterocycles. The van der Waals surface area contributed by atoms with E-state index in [2.05, 4.69) is 5.32 Å². The van der Waals surface area contributed by atoms with Gasteiger partial charge < -0.3 is 10.2 Å². The zero-order valence-corrected chi connectivity index (χ0v) is 11.4. The van der Waals surface area contributed by atoms with Gasteiger partial charge in [-0.1, -0.05) is 17.2 Å². The van der Waals surface area contributed by atoms with Crippen molar-refractivity contribution in [2.75, 3.05) is 7.05 Å². The van der Waals surface area contributed by atoms with Gasteiger partial charge in [0.05, 0.1) is 11.1 Å². The number of benzene rings is 1. The Morgan fingerprint density at radius 3 is 2.19 bits per heavy atom. The summed E-state index contributed by atoms with van der Waals surface area (Å²) in [5.74, 6) is -2.23. The van der Waals surface area contributed by atoms with E-state index in [9.17, 15) is 19.2 Å². The van der Waals surface area contributed by atoms with E-state index in [4.69, 9.17) is 4.84 Å². The van der Waals surface area contributed by atoms with Gasteiger partial charge in [0.1, 0.15) is 0 Å². The molecule has 1 aliphatic rings. The molecule has 0 unspecified atom stereocenters. The van der Waals surface area contributed by atoms with Crippen LogP contribution in [-0.2, 0) is 14.4 Å². The number of fused-ring (bicyclic) bond motifs is 1. The second kappa shape index (κ2) is 6.17. The SMILES string of the molecule is CNC(=O)CCCC(=O)ON1C(=O)c2ccccc2C1=O. The van der Waals surface area contributed by atoms with Crippen LogP contribution in [0.2, 0.25) is 0 Å². The van der Waals surface area contributed by atoms with Gasteiger partial charge in [0.15, 0.2) is 0 Å². The van der Waals surface area contributed by atoms with Gasteiger partial charge in [-0.05, 0) is 18.6 Å². The van der Waals surface area contributed by atoms with Crippen LogP contribution in [-0.4, -0.2) is 35.8 Å². The highest BCUT2D eigenvalue weighted by Gasteiger charge is 2.38. The van der Waals surface area contributed by atoms with Crippen molar-refractivity contribution in [3.8, 4) is 0 Å². The fourth-order valence-electron chi connectivity index (χ4n) is 1.92. The molecule has 1 heterocycles. The predicted molar refractivity (Wildman–Crippen MR) is 71.0 cm³/mol. The molecule has 0 spiro atoms. The molecular formula is C14H14N2O5. The maximum absolute atomic E-state index is 11.9. The predicted octanol–water partition coefficient (Wildman–Crippen LogP) is 0.657. The minimum Gasteiger partial charge on any atom is -0.359 e. The first-order valence-corrected chi connectivity index (χ1v) is 6.43. The zero-order chi connectivity index (χ0) is 15.4. The summed E-state index contributed by atoms with van der Waals surface area (Å²) in [5, 5.41) is 2.89. The van der Waals surface area contributed by atoms with Crippen LogP contribution in [0.25, 0.3) is 0 Å². The van der Waals surface area contributed by atoms with Crippen LogP contribution in [0.4, 0.5) is 0 Å². The van der Waals surface area contributed by atoms with Crippen LogP contribution in [0.1, 0.15) is 40.0 Å². The van der Waals surface area contributed by atoms with Gasteiger partial charge in [0.25, 0.3) is 11.8 Å². The average molecular weight is 290 g/mol. The Labute approximate surface area is 120 Å². The van der Waals surface area contributed by atoms with Crippen molar-refractivity contribution in [1.82, 2.24) is 10.4 Å². The standard InChI is InChI=1S/C14H14N2O5/c1-15-11(17)7-4-8-12(18)21-16-13(19)9-5-2-3-6-10(9)14(16)20/h2-3,5-6H,4,7-8H2,1H3,(H,15,17). The Morgan fingerprint density at radius 2 is 1.67 bits per heavy atom. The number of amides is 3. The van der Waals surface area contributed by atoms with Crippen molar-refractivity contribution in [2.24, 2.45) is 0 Å². The fraction of sp³-hybridized carbons (Fsp3) is 0.286. The third kappa shape index (κ3) is 3.07. The summed E-state index contributed by atoms with van der Waals surface area (Å²) in [4.78, 5) is 51.3. The topological polar surface area (TPSA) is 92.8 Å². The van der Waals surface area contributed by atoms with Gasteiger partial charge in [-0.25, -0.2) is 4.79 Å². The Morgan fingerprint density at radius 1 is 1.10 bits per heavy atom. The zero-order valence-electron chi connectivity index (χ0n) is 11.4. The number of rotatable bonds is 5. The Bertz CT molecular complexity index is 576. The summed E-state index contributed by atoms with van der Waals surface area (Å²) in [7, 11) is 1.50. The third-order valence-corrected chi connectivity index (χ3v) is 3.01. The second-order valence-electron chi connectivity index (χ2n) is 4.44. The quantitative estimate of drug-likeness (QED) is 0.804. The highest BCUT2D eigenvalue weighted by Crippen LogP contribution is 2.22. The second-order valence-corrected chi connectivity index (χ2v) is 4.44. The molecule has 0 radical (unpaired) electrons. The normalized spacial score (nSPS) is 13.1. The van der Waals surface area contributed by atoms with Crippen molar-refractivity contribution in [3.63, 3.8) is 0 Å². The maximum Gasteiger partial charge on any atom is 0.333 e. The lowest BCUT2D eigenvalue weighted by atomic mass is 10.1. The number of imide groups is 1. The van der Waals surface area contributed by atoms with E-state index in [0.717, 1.165) is 0 Å². The largest absolute Gasteiger partial charge is 0.359 e. The fourth-order valence-corrected chi connectivity index (χ4v) is 1.92. The van der Waals surface area contributed by atoms with Crippen LogP contribution in [0, 0.1) is 0 Å². The molecule has 2 rings (SSSR count). The van der Waals surface area contributed by atoms with Gasteiger partial charge in [0.2, 0.25) is 5.91 Å². The average Bonchev–Trinajstić information content (AvgIpc) is 2.72. The molecule has 1 N–H and O–H groups in total. The van der Waals surface area contributed by atoms with Crippen LogP contribution in [0.15, 0.2) is 24.3 Å². The lowest BCUT2D eigenvalue weighted by molar-refractivity contribution is -0.168. The van der Waals surface area contributed by atoms with E-state index >= 15 is 0 Å². The molecule has 21 heavy (non-hydrogen) atoms. The highest BCUT2D eigenvalue weighted by atomic mass is 16.7. The number of nitrogens with one attached hydrogen (secondary N) is 1. The summed E-state index contributed by atoms with van der Waals surface area (Å²) >= 11 is 0. The lowest BCUT2D eigenvalue weighted by Gasteiger charge is -2.12. The molecule has 0 saturated carbocycles. The molecule has 0 bridgehead atoms. The van der Waals surface area contributed by atoms with Crippen molar-refractivity contribution in [2.45, 2.75) is 19.3 Å². The number of carbonyl (C=O) groups excluding carboxylic acids is 4. The molecule has 7 heteroatoms. The molecule has 0 aliphatic carbocycles. The van der Waals surface area contributed by atoms with Crippen molar-refractivity contribution in [1.29, 1.82) is 0 Å². The van der Waals surface area contributed by atoms with E-state index in [1.165, 1.54) is 19.2 Å². The first-order chi connectivity index (χ1) is 10.0. The number of carbonyl (C=O) groups is 4. The summed E-state index contributed by atoms with van der Waals surface area (Å²) < 4.78 is 0. The number of nitrogens with zero attached hydrogens (tertiary/aromatic N) is 1. The van der Waals surface area contributed by atoms with Crippen LogP contribution < -0.4 is 5.32 Å². The van der Waals surface area contributed by atoms with Gasteiger partial charge in [-0.15, -0.1) is 0 Å². The molecular weight excluding hydrogens is 276 g/mol. The molecule has 0 fully saturated rings. The summed E-state index contributed by atoms with van der Waals surface area (Å²) in [6, 6.07) is 6.24. The summed E-state index contributed by atoms with van der Waals surface area (Å²) in [6.45, 7) is 0. The van der Waals surface area contributed by atoms with E-state index in [0.29, 0.717) is 5.06 Å². The van der Waals surface area contributed by atoms with Crippen molar-refractivity contribution in [3.05, 3.63) is 35.4 Å². The van der Waals surface area contributed by atoms with E-state index in [-0.39, 0.29) is 36.3 Å². The van der Waals surface area contributed by atoms with Crippen LogP contribution in [0.5, 0.6) is 0 Å². The van der Waals surface area contributed by atoms with E-state index in [1.807, 2.05) is 0 Å². The molecule has 1 aliphatic heterocycles. The number of hydrogen-bond acceptors (Lipinski definition) is 5. The van der Waals surface area contributed by atoms with Crippen molar-refractivity contribution >= 4 is 23.7 Å². The first-order valence-electron chi connectivity index (χ1n) is 6.43. The Kier molecular flexibility index (Phi) is 4.32. The molecule has 7 nitrogen and oxygen atoms in total. The molecule has 3 amide bonds. The Hall–Kier alpha value is -2.70. The highest BCUT2D eigenvalue weighted by molar-refractivity contribution is 6.20. The Balaban J connectivity index is 1.93. The van der Waals surface area contributed by atoms with Crippen molar-refractivity contribution < 1.29 is 24.0 Å². The minimum absolute atomic E-state index is 0.0547. The van der Waals surface area contributed by atoms with Gasteiger partial charge in [-0.2, -0.15) is 0 Å². The molecule has 1 aromatic rings. The third-order valence-electron chi connectivity index (χ3n) is 3.01. The van der Waals surface area contributed by atoms with Crippen LogP contribution >= 0.6 is 0 Å². The molecule has 0 atom stereocenters.